The molecule has 25 heavy (non-hydrogen) atoms. The van der Waals surface area contributed by atoms with Gasteiger partial charge in [-0.1, -0.05) is 12.5 Å². The Bertz CT molecular complexity index is 654. The maximum absolute atomic E-state index is 12.8. The normalized spacial score (nSPS) is 46.6. The first-order valence-electron chi connectivity index (χ1n) is 9.92. The number of ketones is 1. The number of carbonyl (C=O) groups is 2. The van der Waals surface area contributed by atoms with E-state index in [0.717, 1.165) is 19.3 Å². The van der Waals surface area contributed by atoms with Gasteiger partial charge in [0, 0.05) is 24.4 Å². The highest BCUT2D eigenvalue weighted by Crippen LogP contribution is 2.62. The lowest BCUT2D eigenvalue weighted by molar-refractivity contribution is -0.142. The van der Waals surface area contributed by atoms with Crippen LogP contribution in [0.2, 0.25) is 0 Å². The molecule has 6 atom stereocenters. The largest absolute Gasteiger partial charge is 0.393 e. The molecule has 0 aromatic rings. The number of hydrogen-bond donors (Lipinski definition) is 1. The first kappa shape index (κ1) is 17.3. The van der Waals surface area contributed by atoms with Crippen LogP contribution in [0.4, 0.5) is 0 Å². The van der Waals surface area contributed by atoms with Gasteiger partial charge in [-0.2, -0.15) is 0 Å². The molecule has 3 aliphatic carbocycles. The average Bonchev–Trinajstić information content (AvgIpc) is 2.77. The van der Waals surface area contributed by atoms with Crippen LogP contribution < -0.4 is 0 Å². The molecule has 0 aromatic heterocycles. The summed E-state index contributed by atoms with van der Waals surface area (Å²) in [5.74, 6) is 1.37. The molecule has 4 rings (SSSR count). The van der Waals surface area contributed by atoms with Gasteiger partial charge in [0.25, 0.3) is 0 Å². The Balaban J connectivity index is 1.74. The molecule has 1 heterocycles. The maximum Gasteiger partial charge on any atom is 0.223 e. The number of aliphatic hydroxyl groups is 1. The van der Waals surface area contributed by atoms with Crippen LogP contribution in [0.3, 0.4) is 0 Å². The number of nitrogens with zero attached hydrogens (tertiary/aromatic N) is 1. The second kappa shape index (κ2) is 5.42. The van der Waals surface area contributed by atoms with Crippen molar-refractivity contribution < 1.29 is 14.7 Å². The van der Waals surface area contributed by atoms with E-state index in [1.54, 1.807) is 0 Å². The Morgan fingerprint density at radius 1 is 1.24 bits per heavy atom. The van der Waals surface area contributed by atoms with Crippen LogP contribution in [0.25, 0.3) is 0 Å². The van der Waals surface area contributed by atoms with E-state index in [9.17, 15) is 14.7 Å². The molecule has 3 unspecified atom stereocenters. The van der Waals surface area contributed by atoms with Gasteiger partial charge in [-0.15, -0.1) is 0 Å². The fraction of sp³-hybridized carbons (Fsp3) is 0.810. The summed E-state index contributed by atoms with van der Waals surface area (Å²) < 4.78 is 0. The first-order chi connectivity index (χ1) is 11.7. The van der Waals surface area contributed by atoms with Crippen LogP contribution >= 0.6 is 0 Å². The van der Waals surface area contributed by atoms with E-state index in [1.165, 1.54) is 5.57 Å². The van der Waals surface area contributed by atoms with Crippen LogP contribution in [0.1, 0.15) is 66.2 Å². The summed E-state index contributed by atoms with van der Waals surface area (Å²) in [4.78, 5) is 26.7. The van der Waals surface area contributed by atoms with Crippen molar-refractivity contribution >= 4 is 11.7 Å². The number of hydrogen-bond acceptors (Lipinski definition) is 3. The Morgan fingerprint density at radius 3 is 2.64 bits per heavy atom. The first-order valence-corrected chi connectivity index (χ1v) is 9.92. The minimum absolute atomic E-state index is 0.0775. The van der Waals surface area contributed by atoms with Crippen molar-refractivity contribution in [1.29, 1.82) is 0 Å². The van der Waals surface area contributed by atoms with Gasteiger partial charge < -0.3 is 10.0 Å². The van der Waals surface area contributed by atoms with E-state index in [4.69, 9.17) is 0 Å². The molecule has 2 saturated carbocycles. The van der Waals surface area contributed by atoms with Crippen LogP contribution in [0.5, 0.6) is 0 Å². The van der Waals surface area contributed by atoms with Gasteiger partial charge in [-0.25, -0.2) is 0 Å². The number of likely N-dealkylation sites (tertiary alicyclic amines) is 1. The molecule has 0 bridgehead atoms. The SMILES string of the molecule is CC(C)N1C(=O)CC2C3CCC4=CC(=O)CC[C@]4(C)C3[C@@H](O)C[C@@]21C. The zero-order valence-corrected chi connectivity index (χ0v) is 15.9. The molecule has 1 saturated heterocycles. The fourth-order valence-electron chi connectivity index (χ4n) is 7.11. The number of amides is 1. The van der Waals surface area contributed by atoms with Crippen molar-refractivity contribution in [3.8, 4) is 0 Å². The summed E-state index contributed by atoms with van der Waals surface area (Å²) in [6.07, 6.45) is 6.13. The molecule has 1 aliphatic heterocycles. The standard InChI is InChI=1S/C21H31NO3/c1-12(2)22-18(25)10-16-15-6-5-13-9-14(23)7-8-20(13,3)19(15)17(24)11-21(16,22)4/h9,12,15-17,19,24H,5-8,10-11H2,1-4H3/t15?,16?,17-,19?,20-,21-/m0/s1. The molecule has 1 amide bonds. The molecular weight excluding hydrogens is 314 g/mol. The van der Waals surface area contributed by atoms with Crippen molar-refractivity contribution in [2.24, 2.45) is 23.2 Å². The molecule has 4 aliphatic rings. The van der Waals surface area contributed by atoms with E-state index in [0.29, 0.717) is 31.1 Å². The Kier molecular flexibility index (Phi) is 3.74. The monoisotopic (exact) mass is 345 g/mol. The van der Waals surface area contributed by atoms with Crippen molar-refractivity contribution in [2.45, 2.75) is 83.9 Å². The summed E-state index contributed by atoms with van der Waals surface area (Å²) in [6.45, 7) is 8.62. The lowest BCUT2D eigenvalue weighted by atomic mass is 9.47. The maximum atomic E-state index is 12.8. The summed E-state index contributed by atoms with van der Waals surface area (Å²) in [5.41, 5.74) is 0.942. The third kappa shape index (κ3) is 2.22. The van der Waals surface area contributed by atoms with Gasteiger partial charge in [0.05, 0.1) is 6.10 Å². The van der Waals surface area contributed by atoms with Gasteiger partial charge >= 0.3 is 0 Å². The van der Waals surface area contributed by atoms with Crippen LogP contribution in [0, 0.1) is 23.2 Å². The van der Waals surface area contributed by atoms with E-state index in [1.807, 2.05) is 6.08 Å². The Labute approximate surface area is 150 Å². The Morgan fingerprint density at radius 2 is 1.96 bits per heavy atom. The quantitative estimate of drug-likeness (QED) is 0.794. The van der Waals surface area contributed by atoms with E-state index in [-0.39, 0.29) is 34.6 Å². The third-order valence-electron chi connectivity index (χ3n) is 7.99. The lowest BCUT2D eigenvalue weighted by Crippen LogP contribution is -2.62. The average molecular weight is 345 g/mol. The molecule has 4 heteroatoms. The number of rotatable bonds is 1. The minimum atomic E-state index is -0.402. The summed E-state index contributed by atoms with van der Waals surface area (Å²) in [5, 5.41) is 11.2. The fourth-order valence-corrected chi connectivity index (χ4v) is 7.11. The van der Waals surface area contributed by atoms with Gasteiger partial charge in [0.15, 0.2) is 5.78 Å². The Hall–Kier alpha value is -1.16. The van der Waals surface area contributed by atoms with Crippen LogP contribution in [-0.2, 0) is 9.59 Å². The van der Waals surface area contributed by atoms with Crippen molar-refractivity contribution in [3.05, 3.63) is 11.6 Å². The van der Waals surface area contributed by atoms with E-state index in [2.05, 4.69) is 32.6 Å². The highest BCUT2D eigenvalue weighted by Gasteiger charge is 2.63. The number of allylic oxidation sites excluding steroid dienone is 2. The van der Waals surface area contributed by atoms with Gasteiger partial charge in [0.2, 0.25) is 5.91 Å². The lowest BCUT2D eigenvalue weighted by Gasteiger charge is -2.60. The number of carbonyl (C=O) groups excluding carboxylic acids is 2. The second-order valence-corrected chi connectivity index (χ2v) is 9.58. The molecule has 4 nitrogen and oxygen atoms in total. The van der Waals surface area contributed by atoms with Gasteiger partial charge in [-0.05, 0) is 75.7 Å². The zero-order chi connectivity index (χ0) is 18.1. The predicted octanol–water partition coefficient (Wildman–Crippen LogP) is 3.09. The molecule has 0 aromatic carbocycles. The van der Waals surface area contributed by atoms with Crippen molar-refractivity contribution in [2.75, 3.05) is 0 Å². The van der Waals surface area contributed by atoms with Crippen LogP contribution in [0.15, 0.2) is 11.6 Å². The van der Waals surface area contributed by atoms with Crippen molar-refractivity contribution in [3.63, 3.8) is 0 Å². The zero-order valence-electron chi connectivity index (χ0n) is 15.9. The smallest absolute Gasteiger partial charge is 0.223 e. The molecule has 3 fully saturated rings. The number of fused-ring (bicyclic) bond motifs is 5. The second-order valence-electron chi connectivity index (χ2n) is 9.58. The molecular formula is C21H31NO3. The summed E-state index contributed by atoms with van der Waals surface area (Å²) in [7, 11) is 0. The highest BCUT2D eigenvalue weighted by molar-refractivity contribution is 5.91. The molecule has 138 valence electrons. The number of aliphatic hydroxyl groups excluding tert-OH is 1. The topological polar surface area (TPSA) is 57.6 Å². The van der Waals surface area contributed by atoms with Crippen molar-refractivity contribution in [1.82, 2.24) is 4.90 Å². The third-order valence-corrected chi connectivity index (χ3v) is 7.99. The van der Waals surface area contributed by atoms with E-state index < -0.39 is 6.10 Å². The predicted molar refractivity (Wildman–Crippen MR) is 95.8 cm³/mol. The van der Waals surface area contributed by atoms with Gasteiger partial charge in [0.1, 0.15) is 0 Å². The molecule has 0 radical (unpaired) electrons. The highest BCUT2D eigenvalue weighted by atomic mass is 16.3. The molecule has 0 spiro atoms. The van der Waals surface area contributed by atoms with Crippen LogP contribution in [-0.4, -0.2) is 39.4 Å². The van der Waals surface area contributed by atoms with Gasteiger partial charge in [-0.3, -0.25) is 9.59 Å². The molecule has 1 N–H and O–H groups in total. The minimum Gasteiger partial charge on any atom is -0.393 e. The summed E-state index contributed by atoms with van der Waals surface area (Å²) >= 11 is 0. The van der Waals surface area contributed by atoms with E-state index >= 15 is 0 Å². The summed E-state index contributed by atoms with van der Waals surface area (Å²) in [6, 6.07) is 0.174.